The lowest BCUT2D eigenvalue weighted by Gasteiger charge is -2.10. The average molecular weight is 458 g/mol. The van der Waals surface area contributed by atoms with Gasteiger partial charge in [-0.15, -0.1) is 0 Å². The first-order valence-corrected chi connectivity index (χ1v) is 10.4. The van der Waals surface area contributed by atoms with Crippen LogP contribution in [0.15, 0.2) is 78.0 Å². The smallest absolute Gasteiger partial charge is 0.332 e. The van der Waals surface area contributed by atoms with Crippen molar-refractivity contribution in [1.82, 2.24) is 14.2 Å². The molecule has 0 aliphatic rings. The Bertz CT molecular complexity index is 1610. The second kappa shape index (κ2) is 8.32. The molecule has 0 spiro atoms. The van der Waals surface area contributed by atoms with E-state index in [1.165, 1.54) is 15.3 Å². The van der Waals surface area contributed by atoms with Crippen LogP contribution in [-0.4, -0.2) is 33.3 Å². The highest BCUT2D eigenvalue weighted by Crippen LogP contribution is 2.28. The largest absolute Gasteiger partial charge is 0.493 e. The summed E-state index contributed by atoms with van der Waals surface area (Å²) in [5.41, 5.74) is 1.40. The number of hydrogen-bond donors (Lipinski definition) is 0. The van der Waals surface area contributed by atoms with Gasteiger partial charge in [0.2, 0.25) is 5.65 Å². The number of ether oxygens (including phenoxy) is 2. The van der Waals surface area contributed by atoms with Crippen LogP contribution in [0.5, 0.6) is 11.5 Å². The molecule has 0 aliphatic carbocycles. The van der Waals surface area contributed by atoms with E-state index in [1.54, 1.807) is 56.9 Å². The SMILES string of the molecule is COc1ccc(C[n+]2ccc3c(=O)n(-c4ccccc4)c4c([N+](=O)[O-])cnn4c3c2)cc1OC. The van der Waals surface area contributed by atoms with Gasteiger partial charge >= 0.3 is 5.69 Å². The quantitative estimate of drug-likeness (QED) is 0.220. The van der Waals surface area contributed by atoms with Gasteiger partial charge in [-0.2, -0.15) is 9.67 Å². The van der Waals surface area contributed by atoms with Gasteiger partial charge in [0.05, 0.1) is 30.2 Å². The summed E-state index contributed by atoms with van der Waals surface area (Å²) in [5, 5.41) is 16.4. The van der Waals surface area contributed by atoms with Gasteiger partial charge in [0.15, 0.2) is 30.4 Å². The molecule has 2 aromatic carbocycles. The molecule has 0 radical (unpaired) electrons. The Morgan fingerprint density at radius 3 is 2.53 bits per heavy atom. The maximum atomic E-state index is 13.5. The predicted molar refractivity (Wildman–Crippen MR) is 124 cm³/mol. The second-order valence-electron chi connectivity index (χ2n) is 7.60. The van der Waals surface area contributed by atoms with Crippen LogP contribution in [-0.2, 0) is 6.54 Å². The third-order valence-electron chi connectivity index (χ3n) is 5.62. The summed E-state index contributed by atoms with van der Waals surface area (Å²) in [5.74, 6) is 1.24. The molecule has 5 aromatic rings. The molecule has 0 aliphatic heterocycles. The summed E-state index contributed by atoms with van der Waals surface area (Å²) in [6, 6.07) is 16.1. The van der Waals surface area contributed by atoms with Crippen LogP contribution >= 0.6 is 0 Å². The molecule has 0 unspecified atom stereocenters. The third kappa shape index (κ3) is 3.41. The van der Waals surface area contributed by atoms with Gasteiger partial charge in [0.1, 0.15) is 11.7 Å². The molecule has 10 nitrogen and oxygen atoms in total. The lowest BCUT2D eigenvalue weighted by atomic mass is 10.2. The van der Waals surface area contributed by atoms with Crippen molar-refractivity contribution in [2.24, 2.45) is 0 Å². The summed E-state index contributed by atoms with van der Waals surface area (Å²) in [6.07, 6.45) is 4.71. The lowest BCUT2D eigenvalue weighted by molar-refractivity contribution is -0.687. The van der Waals surface area contributed by atoms with Gasteiger partial charge < -0.3 is 9.47 Å². The molecule has 0 amide bonds. The van der Waals surface area contributed by atoms with E-state index < -0.39 is 4.92 Å². The number of pyridine rings is 1. The van der Waals surface area contributed by atoms with Crippen molar-refractivity contribution in [2.45, 2.75) is 6.54 Å². The topological polar surface area (TPSA) is 105 Å². The van der Waals surface area contributed by atoms with Gasteiger partial charge in [-0.3, -0.25) is 19.5 Å². The average Bonchev–Trinajstić information content (AvgIpc) is 3.30. The highest BCUT2D eigenvalue weighted by molar-refractivity contribution is 5.82. The number of methoxy groups -OCH3 is 2. The highest BCUT2D eigenvalue weighted by Gasteiger charge is 2.25. The van der Waals surface area contributed by atoms with Crippen molar-refractivity contribution in [3.8, 4) is 17.2 Å². The van der Waals surface area contributed by atoms with E-state index in [9.17, 15) is 14.9 Å². The molecule has 0 fully saturated rings. The third-order valence-corrected chi connectivity index (χ3v) is 5.62. The number of rotatable bonds is 6. The van der Waals surface area contributed by atoms with E-state index in [0.717, 1.165) is 5.56 Å². The van der Waals surface area contributed by atoms with E-state index in [4.69, 9.17) is 9.47 Å². The van der Waals surface area contributed by atoms with E-state index in [1.807, 2.05) is 28.8 Å². The van der Waals surface area contributed by atoms with Gasteiger partial charge in [-0.05, 0) is 30.3 Å². The summed E-state index contributed by atoms with van der Waals surface area (Å²) in [4.78, 5) is 24.7. The standard InChI is InChI=1S/C24H20N5O5/c1-33-21-9-8-16(12-22(21)34-2)14-26-11-10-18-20(15-26)28-23(19(13-25-28)29(31)32)27(24(18)30)17-6-4-3-5-7-17/h3-13,15H,14H2,1-2H3/q+1. The Hall–Kier alpha value is -4.73. The molecule has 5 rings (SSSR count). The van der Waals surface area contributed by atoms with Crippen molar-refractivity contribution in [3.63, 3.8) is 0 Å². The fourth-order valence-electron chi connectivity index (χ4n) is 4.04. The zero-order valence-electron chi connectivity index (χ0n) is 18.4. The summed E-state index contributed by atoms with van der Waals surface area (Å²) < 4.78 is 15.3. The van der Waals surface area contributed by atoms with Gasteiger partial charge in [-0.25, -0.2) is 4.52 Å². The molecule has 0 atom stereocenters. The van der Waals surface area contributed by atoms with Crippen LogP contribution in [0.3, 0.4) is 0 Å². The number of fused-ring (bicyclic) bond motifs is 3. The molecule has 0 bridgehead atoms. The van der Waals surface area contributed by atoms with Crippen molar-refractivity contribution in [1.29, 1.82) is 0 Å². The van der Waals surface area contributed by atoms with Crippen molar-refractivity contribution >= 4 is 22.2 Å². The molecule has 10 heteroatoms. The minimum Gasteiger partial charge on any atom is -0.493 e. The Morgan fingerprint density at radius 2 is 1.82 bits per heavy atom. The molecule has 3 heterocycles. The number of benzene rings is 2. The normalized spacial score (nSPS) is 11.1. The molecule has 34 heavy (non-hydrogen) atoms. The maximum Gasteiger partial charge on any atom is 0.332 e. The Balaban J connectivity index is 1.71. The van der Waals surface area contributed by atoms with Crippen LogP contribution in [0, 0.1) is 10.1 Å². The predicted octanol–water partition coefficient (Wildman–Crippen LogP) is 2.90. The van der Waals surface area contributed by atoms with E-state index in [2.05, 4.69) is 5.10 Å². The van der Waals surface area contributed by atoms with Crippen molar-refractivity contribution in [2.75, 3.05) is 14.2 Å². The number of nitrogens with zero attached hydrogens (tertiary/aromatic N) is 5. The first-order chi connectivity index (χ1) is 16.5. The Kier molecular flexibility index (Phi) is 5.17. The minimum atomic E-state index is -0.534. The highest BCUT2D eigenvalue weighted by atomic mass is 16.6. The van der Waals surface area contributed by atoms with E-state index >= 15 is 0 Å². The van der Waals surface area contributed by atoms with Crippen LogP contribution in [0.4, 0.5) is 5.69 Å². The fourth-order valence-corrected chi connectivity index (χ4v) is 4.04. The molecule has 0 saturated carbocycles. The van der Waals surface area contributed by atoms with Gasteiger partial charge in [0, 0.05) is 11.6 Å². The molecule has 170 valence electrons. The minimum absolute atomic E-state index is 0.0950. The first-order valence-electron chi connectivity index (χ1n) is 10.4. The number of para-hydroxylation sites is 1. The molecular formula is C24H20N5O5+. The zero-order chi connectivity index (χ0) is 23.8. The summed E-state index contributed by atoms with van der Waals surface area (Å²) in [7, 11) is 3.15. The molecule has 3 aromatic heterocycles. The second-order valence-corrected chi connectivity index (χ2v) is 7.60. The Labute approximate surface area is 193 Å². The zero-order valence-corrected chi connectivity index (χ0v) is 18.4. The fraction of sp³-hybridized carbons (Fsp3) is 0.125. The maximum absolute atomic E-state index is 13.5. The molecule has 0 saturated heterocycles. The lowest BCUT2D eigenvalue weighted by Crippen LogP contribution is -2.34. The van der Waals surface area contributed by atoms with Crippen LogP contribution in [0.2, 0.25) is 0 Å². The molecule has 0 N–H and O–H groups in total. The summed E-state index contributed by atoms with van der Waals surface area (Å²) >= 11 is 0. The van der Waals surface area contributed by atoms with E-state index in [-0.39, 0.29) is 16.9 Å². The van der Waals surface area contributed by atoms with Crippen LogP contribution in [0.1, 0.15) is 5.56 Å². The van der Waals surface area contributed by atoms with Gasteiger partial charge in [0.25, 0.3) is 5.56 Å². The molecular weight excluding hydrogens is 438 g/mol. The van der Waals surface area contributed by atoms with Crippen LogP contribution < -0.4 is 19.6 Å². The van der Waals surface area contributed by atoms with Crippen molar-refractivity contribution in [3.05, 3.63) is 99.2 Å². The Morgan fingerprint density at radius 1 is 1.06 bits per heavy atom. The van der Waals surface area contributed by atoms with Crippen molar-refractivity contribution < 1.29 is 19.0 Å². The van der Waals surface area contributed by atoms with Crippen LogP contribution in [0.25, 0.3) is 22.2 Å². The monoisotopic (exact) mass is 458 g/mol. The summed E-state index contributed by atoms with van der Waals surface area (Å²) in [6.45, 7) is 0.475. The first kappa shape index (κ1) is 21.1. The number of nitro groups is 1. The number of aromatic nitrogens is 4. The number of hydrogen-bond acceptors (Lipinski definition) is 6. The van der Waals surface area contributed by atoms with E-state index in [0.29, 0.717) is 34.6 Å². The van der Waals surface area contributed by atoms with Gasteiger partial charge in [-0.1, -0.05) is 18.2 Å².